The highest BCUT2D eigenvalue weighted by Gasteiger charge is 2.73. The summed E-state index contributed by atoms with van der Waals surface area (Å²) in [6.07, 6.45) is 10.1. The number of aromatic hydroxyl groups is 1. The molecule has 6 rings (SSSR count). The number of phenolic OH excluding ortho intramolecular Hbond substituents is 1. The monoisotopic (exact) mass is 634 g/mol. The Hall–Kier alpha value is -2.34. The van der Waals surface area contributed by atoms with Crippen LogP contribution in [0.2, 0.25) is 0 Å². The Morgan fingerprint density at radius 2 is 1.61 bits per heavy atom. The number of phenols is 1. The SMILES string of the molecule is C=C(C)[C@@H]1CC[C@]2(C(=O)OC)CC[C@]3(COCc4ccc(O)cc4)[C@H](CC[C@@H]4[C@@]5(C)CC[C@H](OC(C)=O)C(C)(C)[C@@H]5CC[C@]43C)[C@@H]12. The predicted octanol–water partition coefficient (Wildman–Crippen LogP) is 8.65. The van der Waals surface area contributed by atoms with Gasteiger partial charge in [0, 0.05) is 17.8 Å². The van der Waals surface area contributed by atoms with E-state index in [2.05, 4.69) is 41.2 Å². The second-order valence-corrected chi connectivity index (χ2v) is 17.2. The number of hydrogen-bond acceptors (Lipinski definition) is 6. The van der Waals surface area contributed by atoms with Gasteiger partial charge in [0.2, 0.25) is 0 Å². The molecule has 1 N–H and O–H groups in total. The standard InChI is InChI=1S/C40H58O6/c1-25(2)29-15-20-39(35(43)44-8)21-22-40(24-45-23-27-9-11-28(42)12-10-27)30(34(29)39)13-14-32-37(6)18-17-33(46-26(3)41)36(4,5)31(37)16-19-38(32,40)7/h9-12,29-34,42H,1,13-24H2,2-8H3/t29-,30+,31-,32+,33-,34+,37-,38+,39-,40-/m0/s1. The lowest BCUT2D eigenvalue weighted by atomic mass is 9.32. The van der Waals surface area contributed by atoms with Crippen molar-refractivity contribution < 1.29 is 28.9 Å². The van der Waals surface area contributed by atoms with Crippen molar-refractivity contribution in [1.29, 1.82) is 0 Å². The summed E-state index contributed by atoms with van der Waals surface area (Å²) >= 11 is 0. The van der Waals surface area contributed by atoms with Gasteiger partial charge in [0.25, 0.3) is 0 Å². The number of benzene rings is 1. The molecule has 0 bridgehead atoms. The summed E-state index contributed by atoms with van der Waals surface area (Å²) in [5.74, 6) is 1.92. The van der Waals surface area contributed by atoms with E-state index in [9.17, 15) is 14.7 Å². The molecule has 0 unspecified atom stereocenters. The molecular formula is C40H58O6. The molecule has 0 aliphatic heterocycles. The lowest BCUT2D eigenvalue weighted by Crippen LogP contribution is -2.69. The van der Waals surface area contributed by atoms with E-state index in [0.29, 0.717) is 36.9 Å². The van der Waals surface area contributed by atoms with Gasteiger partial charge < -0.3 is 19.3 Å². The lowest BCUT2D eigenvalue weighted by Gasteiger charge is -2.73. The summed E-state index contributed by atoms with van der Waals surface area (Å²) in [6, 6.07) is 7.36. The number of fused-ring (bicyclic) bond motifs is 7. The minimum Gasteiger partial charge on any atom is -0.508 e. The normalized spacial score (nSPS) is 42.5. The molecule has 6 nitrogen and oxygen atoms in total. The first-order valence-corrected chi connectivity index (χ1v) is 17.9. The molecule has 0 radical (unpaired) electrons. The smallest absolute Gasteiger partial charge is 0.312 e. The van der Waals surface area contributed by atoms with Crippen molar-refractivity contribution in [2.75, 3.05) is 13.7 Å². The van der Waals surface area contributed by atoms with Crippen LogP contribution in [0.25, 0.3) is 0 Å². The summed E-state index contributed by atoms with van der Waals surface area (Å²) in [5.41, 5.74) is 1.79. The fourth-order valence-electron chi connectivity index (χ4n) is 13.2. The van der Waals surface area contributed by atoms with Gasteiger partial charge in [0.15, 0.2) is 0 Å². The minimum absolute atomic E-state index is 0.0200. The van der Waals surface area contributed by atoms with E-state index in [4.69, 9.17) is 14.2 Å². The van der Waals surface area contributed by atoms with Crippen molar-refractivity contribution >= 4 is 11.9 Å². The zero-order chi connectivity index (χ0) is 33.3. The molecule has 0 spiro atoms. The first-order valence-electron chi connectivity index (χ1n) is 17.9. The van der Waals surface area contributed by atoms with Crippen LogP contribution in [0.5, 0.6) is 5.75 Å². The highest BCUT2D eigenvalue weighted by atomic mass is 16.5. The average molecular weight is 635 g/mol. The van der Waals surface area contributed by atoms with Crippen molar-refractivity contribution in [2.24, 2.45) is 56.7 Å². The van der Waals surface area contributed by atoms with Gasteiger partial charge in [0.05, 0.1) is 25.7 Å². The molecule has 0 saturated heterocycles. The first kappa shape index (κ1) is 33.6. The fraction of sp³-hybridized carbons (Fsp3) is 0.750. The molecule has 0 heterocycles. The maximum atomic E-state index is 13.8. The van der Waals surface area contributed by atoms with Crippen LogP contribution < -0.4 is 0 Å². The van der Waals surface area contributed by atoms with Gasteiger partial charge in [-0.1, -0.05) is 52.0 Å². The van der Waals surface area contributed by atoms with Crippen molar-refractivity contribution in [1.82, 2.24) is 0 Å². The van der Waals surface area contributed by atoms with Gasteiger partial charge in [-0.2, -0.15) is 0 Å². The van der Waals surface area contributed by atoms with Crippen LogP contribution in [0, 0.1) is 56.7 Å². The van der Waals surface area contributed by atoms with E-state index in [1.165, 1.54) is 5.57 Å². The summed E-state index contributed by atoms with van der Waals surface area (Å²) < 4.78 is 18.4. The number of carbonyl (C=O) groups is 2. The van der Waals surface area contributed by atoms with Crippen LogP contribution in [0.15, 0.2) is 36.4 Å². The second-order valence-electron chi connectivity index (χ2n) is 17.2. The van der Waals surface area contributed by atoms with Gasteiger partial charge in [-0.3, -0.25) is 9.59 Å². The third-order valence-electron chi connectivity index (χ3n) is 15.1. The van der Waals surface area contributed by atoms with Crippen LogP contribution in [0.4, 0.5) is 0 Å². The summed E-state index contributed by atoms with van der Waals surface area (Å²) in [4.78, 5) is 25.9. The minimum atomic E-state index is -0.447. The largest absolute Gasteiger partial charge is 0.508 e. The Labute approximate surface area is 277 Å². The second kappa shape index (κ2) is 11.7. The van der Waals surface area contributed by atoms with E-state index in [1.54, 1.807) is 26.2 Å². The van der Waals surface area contributed by atoms with Gasteiger partial charge in [-0.25, -0.2) is 0 Å². The van der Waals surface area contributed by atoms with E-state index in [-0.39, 0.29) is 51.4 Å². The molecule has 5 fully saturated rings. The maximum absolute atomic E-state index is 13.8. The van der Waals surface area contributed by atoms with Gasteiger partial charge in [-0.15, -0.1) is 0 Å². The van der Waals surface area contributed by atoms with E-state index >= 15 is 0 Å². The highest BCUT2D eigenvalue weighted by molar-refractivity contribution is 5.78. The zero-order valence-corrected chi connectivity index (χ0v) is 29.5. The average Bonchev–Trinajstić information content (AvgIpc) is 3.41. The highest BCUT2D eigenvalue weighted by Crippen LogP contribution is 2.78. The van der Waals surface area contributed by atoms with Crippen LogP contribution in [0.3, 0.4) is 0 Å². The molecule has 1 aromatic carbocycles. The van der Waals surface area contributed by atoms with Crippen LogP contribution >= 0.6 is 0 Å². The molecule has 0 amide bonds. The number of allylic oxidation sites excluding steroid dienone is 1. The van der Waals surface area contributed by atoms with Gasteiger partial charge >= 0.3 is 11.9 Å². The molecule has 6 heteroatoms. The Morgan fingerprint density at radius 3 is 2.26 bits per heavy atom. The number of ether oxygens (including phenoxy) is 3. The molecule has 1 aromatic rings. The number of esters is 2. The Balaban J connectivity index is 1.41. The van der Waals surface area contributed by atoms with Crippen LogP contribution in [-0.4, -0.2) is 36.9 Å². The molecule has 5 saturated carbocycles. The number of hydrogen-bond donors (Lipinski definition) is 1. The predicted molar refractivity (Wildman–Crippen MR) is 179 cm³/mol. The quantitative estimate of drug-likeness (QED) is 0.239. The maximum Gasteiger partial charge on any atom is 0.312 e. The summed E-state index contributed by atoms with van der Waals surface area (Å²) in [7, 11) is 1.57. The number of carbonyl (C=O) groups excluding carboxylic acids is 2. The van der Waals surface area contributed by atoms with Crippen molar-refractivity contribution in [3.63, 3.8) is 0 Å². The topological polar surface area (TPSA) is 82.1 Å². The molecular weight excluding hydrogens is 576 g/mol. The molecule has 254 valence electrons. The Morgan fingerprint density at radius 1 is 0.891 bits per heavy atom. The molecule has 46 heavy (non-hydrogen) atoms. The molecule has 5 aliphatic rings. The summed E-state index contributed by atoms with van der Waals surface area (Å²) in [5, 5.41) is 9.85. The molecule has 0 aromatic heterocycles. The van der Waals surface area contributed by atoms with Crippen molar-refractivity contribution in [3.05, 3.63) is 42.0 Å². The van der Waals surface area contributed by atoms with E-state index in [1.807, 2.05) is 12.1 Å². The van der Waals surface area contributed by atoms with Crippen molar-refractivity contribution in [3.8, 4) is 5.75 Å². The molecule has 10 atom stereocenters. The van der Waals surface area contributed by atoms with E-state index < -0.39 is 5.41 Å². The Kier molecular flexibility index (Phi) is 8.51. The third kappa shape index (κ3) is 4.81. The lowest BCUT2D eigenvalue weighted by molar-refractivity contribution is -0.267. The van der Waals surface area contributed by atoms with Crippen LogP contribution in [0.1, 0.15) is 111 Å². The number of methoxy groups -OCH3 is 1. The Bertz CT molecular complexity index is 1350. The number of rotatable bonds is 7. The fourth-order valence-corrected chi connectivity index (χ4v) is 13.2. The zero-order valence-electron chi connectivity index (χ0n) is 29.5. The molecule has 5 aliphatic carbocycles. The summed E-state index contributed by atoms with van der Waals surface area (Å²) in [6.45, 7) is 19.2. The van der Waals surface area contributed by atoms with Gasteiger partial charge in [0.1, 0.15) is 11.9 Å². The van der Waals surface area contributed by atoms with Crippen molar-refractivity contribution in [2.45, 2.75) is 118 Å². The van der Waals surface area contributed by atoms with Crippen LogP contribution in [-0.2, 0) is 30.4 Å². The van der Waals surface area contributed by atoms with Gasteiger partial charge in [-0.05, 0) is 129 Å². The third-order valence-corrected chi connectivity index (χ3v) is 15.1. The first-order chi connectivity index (χ1) is 21.7. The van der Waals surface area contributed by atoms with E-state index in [0.717, 1.165) is 69.8 Å².